The molecular weight excluding hydrogens is 216 g/mol. The van der Waals surface area contributed by atoms with E-state index in [0.717, 1.165) is 12.1 Å². The highest BCUT2D eigenvalue weighted by Crippen LogP contribution is 2.23. The maximum Gasteiger partial charge on any atom is 0.270 e. The van der Waals surface area contributed by atoms with Crippen molar-refractivity contribution in [3.05, 3.63) is 23.4 Å². The Hall–Kier alpha value is -1.23. The molecule has 0 atom stereocenters. The number of hydrogen-bond donors (Lipinski definition) is 0. The fraction of sp³-hybridized carbons (Fsp3) is 0.250. The van der Waals surface area contributed by atoms with Crippen molar-refractivity contribution in [1.82, 2.24) is 4.98 Å². The number of pyridine rings is 1. The quantitative estimate of drug-likeness (QED) is 0.736. The number of carbonyl (C=O) groups is 1. The Balaban J connectivity index is 3.20. The smallest absolute Gasteiger partial charge is 0.270 e. The van der Waals surface area contributed by atoms with Crippen LogP contribution in [-0.2, 0) is 0 Å². The molecule has 0 saturated carbocycles. The number of halogens is 3. The van der Waals surface area contributed by atoms with Gasteiger partial charge in [-0.1, -0.05) is 0 Å². The number of aromatic nitrogens is 1. The van der Waals surface area contributed by atoms with Gasteiger partial charge in [0, 0.05) is 11.6 Å². The third-order valence-electron chi connectivity index (χ3n) is 1.49. The van der Waals surface area contributed by atoms with Gasteiger partial charge in [0.05, 0.1) is 7.11 Å². The van der Waals surface area contributed by atoms with Gasteiger partial charge in [-0.3, -0.25) is 4.79 Å². The van der Waals surface area contributed by atoms with Crippen LogP contribution in [-0.4, -0.2) is 17.3 Å². The van der Waals surface area contributed by atoms with E-state index >= 15 is 0 Å². The minimum Gasteiger partial charge on any atom is -0.481 e. The lowest BCUT2D eigenvalue weighted by atomic mass is 10.2. The predicted molar refractivity (Wildman–Crippen MR) is 45.9 cm³/mol. The van der Waals surface area contributed by atoms with Crippen LogP contribution in [0, 0.1) is 0 Å². The number of methoxy groups -OCH3 is 1. The number of rotatable bonds is 3. The Bertz CT molecular complexity index is 357. The summed E-state index contributed by atoms with van der Waals surface area (Å²) in [6, 6.07) is 1.98. The van der Waals surface area contributed by atoms with Crippen molar-refractivity contribution in [3.8, 4) is 5.88 Å². The number of nitrogens with zero attached hydrogens (tertiary/aromatic N) is 1. The molecule has 76 valence electrons. The van der Waals surface area contributed by atoms with Crippen LogP contribution in [0.2, 0.25) is 0 Å². The molecular formula is C8H6ClF2NO2. The highest BCUT2D eigenvalue weighted by Gasteiger charge is 2.14. The summed E-state index contributed by atoms with van der Waals surface area (Å²) in [6.07, 6.45) is -2.69. The molecule has 0 aliphatic rings. The summed E-state index contributed by atoms with van der Waals surface area (Å²) >= 11 is 5.11. The van der Waals surface area contributed by atoms with E-state index in [-0.39, 0.29) is 17.1 Å². The van der Waals surface area contributed by atoms with Gasteiger partial charge < -0.3 is 4.74 Å². The number of alkyl halides is 2. The van der Waals surface area contributed by atoms with Crippen molar-refractivity contribution in [3.63, 3.8) is 0 Å². The molecule has 0 aliphatic heterocycles. The van der Waals surface area contributed by atoms with Gasteiger partial charge in [0.25, 0.3) is 11.7 Å². The highest BCUT2D eigenvalue weighted by molar-refractivity contribution is 6.67. The number of hydrogen-bond acceptors (Lipinski definition) is 3. The lowest BCUT2D eigenvalue weighted by Crippen LogP contribution is -1.99. The molecule has 0 saturated heterocycles. The monoisotopic (exact) mass is 221 g/mol. The van der Waals surface area contributed by atoms with Gasteiger partial charge in [0.15, 0.2) is 0 Å². The molecule has 1 aromatic rings. The molecule has 0 unspecified atom stereocenters. The first kappa shape index (κ1) is 10.8. The summed E-state index contributed by atoms with van der Waals surface area (Å²) in [6.45, 7) is 0. The summed E-state index contributed by atoms with van der Waals surface area (Å²) < 4.78 is 29.2. The van der Waals surface area contributed by atoms with Crippen LogP contribution < -0.4 is 4.74 Å². The minimum absolute atomic E-state index is 0.0631. The fourth-order valence-corrected chi connectivity index (χ4v) is 0.953. The predicted octanol–water partition coefficient (Wildman–Crippen LogP) is 2.41. The standard InChI is InChI=1S/C8H6ClF2NO2/c1-14-6-3-4(8(10)11)2-5(12-6)7(9)13/h2-3,8H,1H3. The fourth-order valence-electron chi connectivity index (χ4n) is 0.857. The summed E-state index contributed by atoms with van der Waals surface area (Å²) in [5.41, 5.74) is -0.595. The van der Waals surface area contributed by atoms with Gasteiger partial charge in [-0.15, -0.1) is 0 Å². The van der Waals surface area contributed by atoms with E-state index in [1.165, 1.54) is 7.11 Å². The molecule has 0 aliphatic carbocycles. The van der Waals surface area contributed by atoms with Crippen molar-refractivity contribution in [2.45, 2.75) is 6.43 Å². The van der Waals surface area contributed by atoms with E-state index in [1.807, 2.05) is 0 Å². The van der Waals surface area contributed by atoms with E-state index < -0.39 is 11.7 Å². The van der Waals surface area contributed by atoms with Gasteiger partial charge in [-0.05, 0) is 17.7 Å². The normalized spacial score (nSPS) is 10.4. The third-order valence-corrected chi connectivity index (χ3v) is 1.68. The second-order valence-corrected chi connectivity index (χ2v) is 2.75. The van der Waals surface area contributed by atoms with Crippen molar-refractivity contribution >= 4 is 16.8 Å². The van der Waals surface area contributed by atoms with Crippen LogP contribution in [0.4, 0.5) is 8.78 Å². The summed E-state index contributed by atoms with van der Waals surface area (Å²) in [4.78, 5) is 14.3. The Kier molecular flexibility index (Phi) is 3.35. The largest absolute Gasteiger partial charge is 0.481 e. The molecule has 0 radical (unpaired) electrons. The maximum atomic E-state index is 12.3. The molecule has 0 aromatic carbocycles. The Morgan fingerprint density at radius 3 is 2.64 bits per heavy atom. The molecule has 0 spiro atoms. The molecule has 6 heteroatoms. The van der Waals surface area contributed by atoms with E-state index in [2.05, 4.69) is 9.72 Å². The van der Waals surface area contributed by atoms with Crippen LogP contribution in [0.25, 0.3) is 0 Å². The zero-order valence-electron chi connectivity index (χ0n) is 7.13. The average Bonchev–Trinajstić information content (AvgIpc) is 2.16. The molecule has 1 heterocycles. The highest BCUT2D eigenvalue weighted by atomic mass is 35.5. The van der Waals surface area contributed by atoms with Gasteiger partial charge in [0.2, 0.25) is 5.88 Å². The molecule has 14 heavy (non-hydrogen) atoms. The van der Waals surface area contributed by atoms with Crippen molar-refractivity contribution in [2.75, 3.05) is 7.11 Å². The maximum absolute atomic E-state index is 12.3. The SMILES string of the molecule is COc1cc(C(F)F)cc(C(=O)Cl)n1. The molecule has 3 nitrogen and oxygen atoms in total. The van der Waals surface area contributed by atoms with Crippen molar-refractivity contribution in [1.29, 1.82) is 0 Å². The van der Waals surface area contributed by atoms with Gasteiger partial charge in [-0.2, -0.15) is 0 Å². The van der Waals surface area contributed by atoms with Gasteiger partial charge in [-0.25, -0.2) is 13.8 Å². The van der Waals surface area contributed by atoms with E-state index in [0.29, 0.717) is 0 Å². The molecule has 0 N–H and O–H groups in total. The number of carbonyl (C=O) groups excluding carboxylic acids is 1. The lowest BCUT2D eigenvalue weighted by Gasteiger charge is -2.04. The van der Waals surface area contributed by atoms with Gasteiger partial charge in [0.1, 0.15) is 5.69 Å². The van der Waals surface area contributed by atoms with E-state index in [1.54, 1.807) is 0 Å². The van der Waals surface area contributed by atoms with Gasteiger partial charge >= 0.3 is 0 Å². The first-order valence-electron chi connectivity index (χ1n) is 3.58. The Morgan fingerprint density at radius 1 is 1.57 bits per heavy atom. The summed E-state index contributed by atoms with van der Waals surface area (Å²) in [7, 11) is 1.26. The number of ether oxygens (including phenoxy) is 1. The minimum atomic E-state index is -2.69. The average molecular weight is 222 g/mol. The zero-order chi connectivity index (χ0) is 10.7. The summed E-state index contributed by atoms with van der Waals surface area (Å²) in [5.74, 6) is -0.0631. The Labute approximate surface area is 83.7 Å². The van der Waals surface area contributed by atoms with Crippen LogP contribution >= 0.6 is 11.6 Å². The molecule has 1 rings (SSSR count). The topological polar surface area (TPSA) is 39.2 Å². The second kappa shape index (κ2) is 4.32. The van der Waals surface area contributed by atoms with Crippen molar-refractivity contribution < 1.29 is 18.3 Å². The first-order chi connectivity index (χ1) is 6.54. The van der Waals surface area contributed by atoms with Crippen LogP contribution in [0.5, 0.6) is 5.88 Å². The zero-order valence-corrected chi connectivity index (χ0v) is 7.89. The van der Waals surface area contributed by atoms with E-state index in [9.17, 15) is 13.6 Å². The van der Waals surface area contributed by atoms with Crippen LogP contribution in [0.1, 0.15) is 22.5 Å². The lowest BCUT2D eigenvalue weighted by molar-refractivity contribution is 0.107. The third kappa shape index (κ3) is 2.38. The second-order valence-electron chi connectivity index (χ2n) is 2.40. The molecule has 1 aromatic heterocycles. The molecule has 0 bridgehead atoms. The summed E-state index contributed by atoms with van der Waals surface area (Å²) in [5, 5.41) is -0.897. The Morgan fingerprint density at radius 2 is 2.21 bits per heavy atom. The van der Waals surface area contributed by atoms with E-state index in [4.69, 9.17) is 11.6 Å². The first-order valence-corrected chi connectivity index (χ1v) is 3.96. The van der Waals surface area contributed by atoms with Crippen LogP contribution in [0.3, 0.4) is 0 Å². The molecule has 0 fully saturated rings. The van der Waals surface area contributed by atoms with Crippen LogP contribution in [0.15, 0.2) is 12.1 Å². The van der Waals surface area contributed by atoms with Crippen molar-refractivity contribution in [2.24, 2.45) is 0 Å². The molecule has 0 amide bonds.